The summed E-state index contributed by atoms with van der Waals surface area (Å²) in [6.45, 7) is 0.0356. The molecule has 0 amide bonds. The first-order chi connectivity index (χ1) is 8.93. The maximum absolute atomic E-state index is 12.7. The molecule has 0 aromatic heterocycles. The first-order valence-electron chi connectivity index (χ1n) is 5.36. The Morgan fingerprint density at radius 2 is 2.00 bits per heavy atom. The molecule has 1 aliphatic heterocycles. The van der Waals surface area contributed by atoms with Crippen molar-refractivity contribution in [3.8, 4) is 0 Å². The molecular weight excluding hydrogens is 309 g/mol. The minimum Gasteiger partial charge on any atom is -0.447 e. The summed E-state index contributed by atoms with van der Waals surface area (Å²) in [5, 5.41) is 0. The van der Waals surface area contributed by atoms with E-state index in [9.17, 15) is 26.4 Å². The molecule has 1 heterocycles. The molecule has 0 aromatic rings. The third-order valence-electron chi connectivity index (χ3n) is 2.32. The molecule has 1 aliphatic rings. The van der Waals surface area contributed by atoms with Crippen molar-refractivity contribution in [1.82, 2.24) is 0 Å². The summed E-state index contributed by atoms with van der Waals surface area (Å²) < 4.78 is 81.5. The quantitative estimate of drug-likeness (QED) is 0.404. The Morgan fingerprint density at radius 3 is 2.40 bits per heavy atom. The minimum atomic E-state index is -5.17. The van der Waals surface area contributed by atoms with Crippen molar-refractivity contribution in [2.24, 2.45) is 0 Å². The fourth-order valence-corrected chi connectivity index (χ4v) is 2.15. The van der Waals surface area contributed by atoms with E-state index < -0.39 is 40.2 Å². The minimum absolute atomic E-state index is 0.0239. The number of carbonyl (C=O) groups is 1. The van der Waals surface area contributed by atoms with Crippen molar-refractivity contribution < 1.29 is 45.1 Å². The number of alkyl halides is 3. The molecule has 11 heteroatoms. The molecule has 0 aliphatic carbocycles. The van der Waals surface area contributed by atoms with Gasteiger partial charge < -0.3 is 14.2 Å². The second-order valence-corrected chi connectivity index (χ2v) is 5.85. The Labute approximate surface area is 112 Å². The molecule has 1 rings (SSSR count). The topological polar surface area (TPSA) is 102 Å². The normalized spacial score (nSPS) is 22.1. The van der Waals surface area contributed by atoms with Crippen LogP contribution in [0.25, 0.3) is 0 Å². The SMILES string of the molecule is CC(CS(=O)(=O)O)(OC(=O)COCC1CO1)C(F)(F)F. The highest BCUT2D eigenvalue weighted by Gasteiger charge is 2.57. The zero-order chi connectivity index (χ0) is 15.6. The van der Waals surface area contributed by atoms with E-state index in [-0.39, 0.29) is 12.7 Å². The Balaban J connectivity index is 2.61. The van der Waals surface area contributed by atoms with Gasteiger partial charge in [-0.2, -0.15) is 21.6 Å². The highest BCUT2D eigenvalue weighted by Crippen LogP contribution is 2.34. The van der Waals surface area contributed by atoms with Gasteiger partial charge in [0, 0.05) is 0 Å². The van der Waals surface area contributed by atoms with Crippen LogP contribution in [0.5, 0.6) is 0 Å². The van der Waals surface area contributed by atoms with E-state index in [1.54, 1.807) is 0 Å². The van der Waals surface area contributed by atoms with E-state index in [4.69, 9.17) is 14.0 Å². The van der Waals surface area contributed by atoms with Gasteiger partial charge in [-0.05, 0) is 6.92 Å². The van der Waals surface area contributed by atoms with Crippen LogP contribution in [0, 0.1) is 0 Å². The zero-order valence-corrected chi connectivity index (χ0v) is 11.2. The first-order valence-corrected chi connectivity index (χ1v) is 6.97. The lowest BCUT2D eigenvalue weighted by Crippen LogP contribution is -2.51. The van der Waals surface area contributed by atoms with Crippen LogP contribution in [0.3, 0.4) is 0 Å². The monoisotopic (exact) mass is 322 g/mol. The van der Waals surface area contributed by atoms with E-state index in [1.165, 1.54) is 0 Å². The summed E-state index contributed by atoms with van der Waals surface area (Å²) in [5.41, 5.74) is -3.35. The lowest BCUT2D eigenvalue weighted by atomic mass is 10.1. The van der Waals surface area contributed by atoms with Gasteiger partial charge in [0.2, 0.25) is 5.60 Å². The predicted octanol–water partition coefficient (Wildman–Crippen LogP) is 0.154. The van der Waals surface area contributed by atoms with Crippen LogP contribution in [-0.2, 0) is 29.1 Å². The second kappa shape index (κ2) is 5.84. The molecule has 1 fully saturated rings. The maximum atomic E-state index is 12.7. The molecule has 20 heavy (non-hydrogen) atoms. The molecule has 0 radical (unpaired) electrons. The summed E-state index contributed by atoms with van der Waals surface area (Å²) in [6.07, 6.45) is -5.35. The van der Waals surface area contributed by atoms with Crippen molar-refractivity contribution in [1.29, 1.82) is 0 Å². The molecule has 0 spiro atoms. The van der Waals surface area contributed by atoms with E-state index in [2.05, 4.69) is 4.74 Å². The number of esters is 1. The summed E-state index contributed by atoms with van der Waals surface area (Å²) in [7, 11) is -4.99. The molecule has 2 unspecified atom stereocenters. The Kier molecular flexibility index (Phi) is 5.00. The molecule has 0 bridgehead atoms. The third-order valence-corrected chi connectivity index (χ3v) is 3.24. The van der Waals surface area contributed by atoms with E-state index in [0.29, 0.717) is 13.5 Å². The molecule has 1 saturated heterocycles. The van der Waals surface area contributed by atoms with Gasteiger partial charge in [-0.15, -0.1) is 0 Å². The van der Waals surface area contributed by atoms with E-state index in [1.807, 2.05) is 0 Å². The van der Waals surface area contributed by atoms with Crippen LogP contribution >= 0.6 is 0 Å². The highest BCUT2D eigenvalue weighted by molar-refractivity contribution is 7.85. The lowest BCUT2D eigenvalue weighted by molar-refractivity contribution is -0.257. The largest absolute Gasteiger partial charge is 0.447 e. The van der Waals surface area contributed by atoms with Crippen LogP contribution in [0.1, 0.15) is 6.92 Å². The van der Waals surface area contributed by atoms with Crippen molar-refractivity contribution in [2.45, 2.75) is 24.8 Å². The Hall–Kier alpha value is -0.910. The maximum Gasteiger partial charge on any atom is 0.429 e. The van der Waals surface area contributed by atoms with Crippen molar-refractivity contribution in [2.75, 3.05) is 25.6 Å². The van der Waals surface area contributed by atoms with Gasteiger partial charge in [0.1, 0.15) is 18.5 Å². The molecule has 1 N–H and O–H groups in total. The first kappa shape index (κ1) is 17.1. The number of hydrogen-bond acceptors (Lipinski definition) is 6. The van der Waals surface area contributed by atoms with Gasteiger partial charge in [-0.3, -0.25) is 4.55 Å². The van der Waals surface area contributed by atoms with Gasteiger partial charge >= 0.3 is 12.1 Å². The highest BCUT2D eigenvalue weighted by atomic mass is 32.2. The van der Waals surface area contributed by atoms with E-state index >= 15 is 0 Å². The fourth-order valence-electron chi connectivity index (χ4n) is 1.24. The van der Waals surface area contributed by atoms with Crippen LogP contribution in [0.15, 0.2) is 0 Å². The van der Waals surface area contributed by atoms with E-state index in [0.717, 1.165) is 0 Å². The lowest BCUT2D eigenvalue weighted by Gasteiger charge is -2.30. The van der Waals surface area contributed by atoms with Crippen molar-refractivity contribution in [3.05, 3.63) is 0 Å². The molecule has 118 valence electrons. The summed E-state index contributed by atoms with van der Waals surface area (Å²) in [4.78, 5) is 11.2. The van der Waals surface area contributed by atoms with Crippen molar-refractivity contribution in [3.63, 3.8) is 0 Å². The molecular formula is C9H13F3O7S. The summed E-state index contributed by atoms with van der Waals surface area (Å²) in [6, 6.07) is 0. The third kappa shape index (κ3) is 5.61. The summed E-state index contributed by atoms with van der Waals surface area (Å²) in [5.74, 6) is -3.19. The molecule has 0 saturated carbocycles. The number of epoxide rings is 1. The Bertz CT molecular complexity index is 457. The number of rotatable bonds is 7. The smallest absolute Gasteiger partial charge is 0.429 e. The zero-order valence-electron chi connectivity index (χ0n) is 10.3. The number of carbonyl (C=O) groups excluding carboxylic acids is 1. The van der Waals surface area contributed by atoms with Gasteiger partial charge in [0.05, 0.1) is 13.2 Å². The average molecular weight is 322 g/mol. The van der Waals surface area contributed by atoms with Crippen molar-refractivity contribution >= 4 is 16.1 Å². The number of hydrogen-bond donors (Lipinski definition) is 1. The van der Waals surface area contributed by atoms with Gasteiger partial charge in [0.25, 0.3) is 10.1 Å². The molecule has 2 atom stereocenters. The number of ether oxygens (including phenoxy) is 3. The standard InChI is InChI=1S/C9H13F3O7S/c1-8(9(10,11)12,5-20(14,15)16)19-7(13)4-17-2-6-3-18-6/h6H,2-5H2,1H3,(H,14,15,16). The van der Waals surface area contributed by atoms with Gasteiger partial charge in [-0.1, -0.05) is 0 Å². The van der Waals surface area contributed by atoms with Crippen LogP contribution < -0.4 is 0 Å². The average Bonchev–Trinajstić information content (AvgIpc) is 2.96. The summed E-state index contributed by atoms with van der Waals surface area (Å²) >= 11 is 0. The van der Waals surface area contributed by atoms with Crippen LogP contribution in [0.4, 0.5) is 13.2 Å². The fraction of sp³-hybridized carbons (Fsp3) is 0.889. The molecule has 7 nitrogen and oxygen atoms in total. The van der Waals surface area contributed by atoms with Gasteiger partial charge in [0.15, 0.2) is 0 Å². The Morgan fingerprint density at radius 1 is 1.45 bits per heavy atom. The number of halogens is 3. The van der Waals surface area contributed by atoms with Crippen LogP contribution in [0.2, 0.25) is 0 Å². The predicted molar refractivity (Wildman–Crippen MR) is 57.5 cm³/mol. The molecule has 0 aromatic carbocycles. The second-order valence-electron chi connectivity index (χ2n) is 4.40. The van der Waals surface area contributed by atoms with Gasteiger partial charge in [-0.25, -0.2) is 4.79 Å². The van der Waals surface area contributed by atoms with Crippen LogP contribution in [-0.4, -0.2) is 62.4 Å².